The number of nitrogens with one attached hydrogen (secondary N) is 1. The molecular weight excluding hydrogens is 280 g/mol. The van der Waals surface area contributed by atoms with E-state index in [1.807, 2.05) is 32.9 Å². The minimum absolute atomic E-state index is 0.0532. The van der Waals surface area contributed by atoms with Gasteiger partial charge in [-0.15, -0.1) is 0 Å². The van der Waals surface area contributed by atoms with Crippen LogP contribution in [0, 0.1) is 17.8 Å². The van der Waals surface area contributed by atoms with E-state index in [2.05, 4.69) is 11.9 Å². The molecule has 0 fully saturated rings. The lowest BCUT2D eigenvalue weighted by Gasteiger charge is -2.29. The maximum atomic E-state index is 12.4. The van der Waals surface area contributed by atoms with Gasteiger partial charge in [-0.2, -0.15) is 0 Å². The predicted octanol–water partition coefficient (Wildman–Crippen LogP) is 2.03. The van der Waals surface area contributed by atoms with Gasteiger partial charge in [0.15, 0.2) is 0 Å². The molecule has 0 aliphatic carbocycles. The summed E-state index contributed by atoms with van der Waals surface area (Å²) >= 11 is 0. The van der Waals surface area contributed by atoms with Gasteiger partial charge in [-0.25, -0.2) is 0 Å². The van der Waals surface area contributed by atoms with E-state index >= 15 is 0 Å². The lowest BCUT2D eigenvalue weighted by atomic mass is 9.89. The highest BCUT2D eigenvalue weighted by molar-refractivity contribution is 5.87. The van der Waals surface area contributed by atoms with Crippen LogP contribution in [0.15, 0.2) is 24.8 Å². The number of carbonyl (C=O) groups excluding carboxylic acids is 2. The second kappa shape index (κ2) is 10.2. The Morgan fingerprint density at radius 1 is 1.27 bits per heavy atom. The lowest BCUT2D eigenvalue weighted by molar-refractivity contribution is -0.134. The van der Waals surface area contributed by atoms with Crippen molar-refractivity contribution in [3.63, 3.8) is 0 Å². The van der Waals surface area contributed by atoms with Crippen molar-refractivity contribution >= 4 is 11.8 Å². The van der Waals surface area contributed by atoms with E-state index in [4.69, 9.17) is 10.5 Å². The Morgan fingerprint density at radius 2 is 1.86 bits per heavy atom. The van der Waals surface area contributed by atoms with Gasteiger partial charge in [-0.1, -0.05) is 52.5 Å². The summed E-state index contributed by atoms with van der Waals surface area (Å²) in [7, 11) is 1.59. The number of primary amides is 1. The van der Waals surface area contributed by atoms with Crippen molar-refractivity contribution in [2.45, 2.75) is 46.3 Å². The van der Waals surface area contributed by atoms with Crippen molar-refractivity contribution in [1.29, 1.82) is 0 Å². The summed E-state index contributed by atoms with van der Waals surface area (Å²) in [5, 5.41) is 2.72. The second-order valence-electron chi connectivity index (χ2n) is 6.00. The molecule has 5 nitrogen and oxygen atoms in total. The summed E-state index contributed by atoms with van der Waals surface area (Å²) in [5.74, 6) is -1.01. The van der Waals surface area contributed by atoms with Crippen LogP contribution in [0.2, 0.25) is 0 Å². The number of allylic oxidation sites excluding steroid dienone is 3. The quantitative estimate of drug-likeness (QED) is 0.606. The molecule has 0 aromatic carbocycles. The summed E-state index contributed by atoms with van der Waals surface area (Å²) in [6, 6.07) is -0.663. The number of ether oxygens (including phenoxy) is 1. The number of hydrogen-bond acceptors (Lipinski definition) is 3. The van der Waals surface area contributed by atoms with Crippen LogP contribution in [0.4, 0.5) is 0 Å². The van der Waals surface area contributed by atoms with Crippen molar-refractivity contribution in [3.05, 3.63) is 24.8 Å². The summed E-state index contributed by atoms with van der Waals surface area (Å²) in [6.07, 6.45) is 6.12. The molecule has 0 aliphatic rings. The normalized spacial score (nSPS) is 17.0. The van der Waals surface area contributed by atoms with Crippen molar-refractivity contribution in [2.24, 2.45) is 23.5 Å². The van der Waals surface area contributed by atoms with Gasteiger partial charge in [0.1, 0.15) is 6.04 Å². The molecule has 2 amide bonds. The zero-order valence-corrected chi connectivity index (χ0v) is 14.3. The van der Waals surface area contributed by atoms with Gasteiger partial charge in [0.25, 0.3) is 0 Å². The molecule has 5 heteroatoms. The van der Waals surface area contributed by atoms with Gasteiger partial charge >= 0.3 is 0 Å². The van der Waals surface area contributed by atoms with E-state index in [9.17, 15) is 9.59 Å². The van der Waals surface area contributed by atoms with Crippen LogP contribution in [-0.4, -0.2) is 31.1 Å². The van der Waals surface area contributed by atoms with Gasteiger partial charge in [0.05, 0.1) is 12.0 Å². The smallest absolute Gasteiger partial charge is 0.240 e. The minimum atomic E-state index is -0.663. The summed E-state index contributed by atoms with van der Waals surface area (Å²) in [5.41, 5.74) is 5.33. The number of methoxy groups -OCH3 is 1. The molecule has 0 radical (unpaired) electrons. The molecule has 0 aliphatic heterocycles. The molecule has 0 bridgehead atoms. The average molecular weight is 310 g/mol. The molecule has 0 saturated heterocycles. The van der Waals surface area contributed by atoms with Crippen LogP contribution in [0.3, 0.4) is 0 Å². The monoisotopic (exact) mass is 310 g/mol. The molecule has 0 aromatic heterocycles. The van der Waals surface area contributed by atoms with E-state index in [0.29, 0.717) is 0 Å². The standard InChI is InChI=1S/C17H30N2O3/c1-7-8-9-10-12(4)15(22-6)13(5)17(21)19-14(11(2)3)16(18)20/h7-9,11-15H,1,10H2,2-6H3,(H2,18,20)(H,19,21)/b9-8-/t12-,13+,14?,15+/m0/s1. The van der Waals surface area contributed by atoms with Gasteiger partial charge in [-0.05, 0) is 18.3 Å². The van der Waals surface area contributed by atoms with E-state index in [1.54, 1.807) is 20.1 Å². The van der Waals surface area contributed by atoms with Crippen LogP contribution >= 0.6 is 0 Å². The van der Waals surface area contributed by atoms with E-state index in [1.165, 1.54) is 0 Å². The molecular formula is C17H30N2O3. The Labute approximate surface area is 134 Å². The number of hydrogen-bond donors (Lipinski definition) is 2. The van der Waals surface area contributed by atoms with Gasteiger partial charge in [0.2, 0.25) is 11.8 Å². The molecule has 22 heavy (non-hydrogen) atoms. The summed E-state index contributed by atoms with van der Waals surface area (Å²) < 4.78 is 5.49. The van der Waals surface area contributed by atoms with Crippen LogP contribution in [0.5, 0.6) is 0 Å². The highest BCUT2D eigenvalue weighted by Crippen LogP contribution is 2.20. The Morgan fingerprint density at radius 3 is 2.27 bits per heavy atom. The molecule has 4 atom stereocenters. The summed E-state index contributed by atoms with van der Waals surface area (Å²) in [4.78, 5) is 23.8. The minimum Gasteiger partial charge on any atom is -0.380 e. The Hall–Kier alpha value is -1.62. The predicted molar refractivity (Wildman–Crippen MR) is 89.0 cm³/mol. The summed E-state index contributed by atoms with van der Waals surface area (Å²) in [6.45, 7) is 11.1. The molecule has 0 aromatic rings. The lowest BCUT2D eigenvalue weighted by Crippen LogP contribution is -2.51. The fourth-order valence-electron chi connectivity index (χ4n) is 2.45. The molecule has 1 unspecified atom stereocenters. The number of carbonyl (C=O) groups is 2. The van der Waals surface area contributed by atoms with Gasteiger partial charge in [0, 0.05) is 7.11 Å². The average Bonchev–Trinajstić information content (AvgIpc) is 2.44. The van der Waals surface area contributed by atoms with Crippen LogP contribution in [-0.2, 0) is 14.3 Å². The third-order valence-corrected chi connectivity index (χ3v) is 3.79. The van der Waals surface area contributed by atoms with Crippen molar-refractivity contribution in [3.8, 4) is 0 Å². The SMILES string of the molecule is C=C/C=C\C[C@H](C)[C@@H](OC)[C@@H](C)C(=O)NC(C(N)=O)C(C)C. The zero-order chi connectivity index (χ0) is 17.3. The number of rotatable bonds is 10. The third-order valence-electron chi connectivity index (χ3n) is 3.79. The van der Waals surface area contributed by atoms with Crippen molar-refractivity contribution < 1.29 is 14.3 Å². The fraction of sp³-hybridized carbons (Fsp3) is 0.647. The first-order valence-corrected chi connectivity index (χ1v) is 7.66. The van der Waals surface area contributed by atoms with Gasteiger partial charge in [-0.3, -0.25) is 9.59 Å². The molecule has 0 saturated carbocycles. The maximum Gasteiger partial charge on any atom is 0.240 e. The Balaban J connectivity index is 4.83. The highest BCUT2D eigenvalue weighted by Gasteiger charge is 2.31. The topological polar surface area (TPSA) is 81.4 Å². The highest BCUT2D eigenvalue weighted by atomic mass is 16.5. The Kier molecular flexibility index (Phi) is 9.42. The van der Waals surface area contributed by atoms with E-state index < -0.39 is 11.9 Å². The molecule has 3 N–H and O–H groups in total. The fourth-order valence-corrected chi connectivity index (χ4v) is 2.45. The third kappa shape index (κ3) is 6.43. The van der Waals surface area contributed by atoms with Crippen LogP contribution in [0.1, 0.15) is 34.1 Å². The van der Waals surface area contributed by atoms with Gasteiger partial charge < -0.3 is 15.8 Å². The van der Waals surface area contributed by atoms with Crippen LogP contribution in [0.25, 0.3) is 0 Å². The molecule has 0 heterocycles. The van der Waals surface area contributed by atoms with Crippen molar-refractivity contribution in [1.82, 2.24) is 5.32 Å². The first-order chi connectivity index (χ1) is 10.3. The second-order valence-corrected chi connectivity index (χ2v) is 6.00. The molecule has 0 spiro atoms. The Bertz CT molecular complexity index is 405. The molecule has 0 rings (SSSR count). The maximum absolute atomic E-state index is 12.4. The first kappa shape index (κ1) is 20.4. The molecule has 126 valence electrons. The zero-order valence-electron chi connectivity index (χ0n) is 14.3. The largest absolute Gasteiger partial charge is 0.380 e. The number of nitrogens with two attached hydrogens (primary N) is 1. The van der Waals surface area contributed by atoms with E-state index in [-0.39, 0.29) is 29.8 Å². The van der Waals surface area contributed by atoms with Crippen molar-refractivity contribution in [2.75, 3.05) is 7.11 Å². The van der Waals surface area contributed by atoms with E-state index in [0.717, 1.165) is 6.42 Å². The number of amides is 2. The first-order valence-electron chi connectivity index (χ1n) is 7.66. The van der Waals surface area contributed by atoms with Crippen LogP contribution < -0.4 is 11.1 Å².